The summed E-state index contributed by atoms with van der Waals surface area (Å²) in [4.78, 5) is 12.9. The third-order valence-corrected chi connectivity index (χ3v) is 7.13. The van der Waals surface area contributed by atoms with Gasteiger partial charge in [-0.3, -0.25) is 9.52 Å². The first-order valence-electron chi connectivity index (χ1n) is 11.6. The maximum Gasteiger partial charge on any atom is 0.265 e. The van der Waals surface area contributed by atoms with Crippen molar-refractivity contribution < 1.29 is 27.4 Å². The Morgan fingerprint density at radius 2 is 1.54 bits per heavy atom. The van der Waals surface area contributed by atoms with Crippen LogP contribution in [-0.4, -0.2) is 34.6 Å². The van der Waals surface area contributed by atoms with Crippen molar-refractivity contribution in [2.24, 2.45) is 0 Å². The molecule has 0 fully saturated rings. The molecule has 0 radical (unpaired) electrons. The molecule has 4 rings (SSSR count). The highest BCUT2D eigenvalue weighted by Crippen LogP contribution is 2.31. The third-order valence-electron chi connectivity index (χ3n) is 5.75. The average molecular weight is 521 g/mol. The minimum atomic E-state index is -3.90. The first-order valence-corrected chi connectivity index (χ1v) is 13.1. The van der Waals surface area contributed by atoms with E-state index in [1.807, 2.05) is 49.4 Å². The zero-order valence-corrected chi connectivity index (χ0v) is 21.5. The van der Waals surface area contributed by atoms with Crippen molar-refractivity contribution in [3.8, 4) is 17.2 Å². The highest BCUT2D eigenvalue weighted by molar-refractivity contribution is 7.92. The zero-order valence-electron chi connectivity index (χ0n) is 20.7. The summed E-state index contributed by atoms with van der Waals surface area (Å²) in [5, 5.41) is 4.90. The number of amides is 1. The van der Waals surface area contributed by atoms with Crippen LogP contribution in [0.25, 0.3) is 10.8 Å². The number of fused-ring (bicyclic) bond motifs is 1. The highest BCUT2D eigenvalue weighted by atomic mass is 32.2. The van der Waals surface area contributed by atoms with Crippen LogP contribution in [0, 0.1) is 0 Å². The molecule has 0 bridgehead atoms. The van der Waals surface area contributed by atoms with E-state index in [1.54, 1.807) is 18.2 Å². The third kappa shape index (κ3) is 6.13. The van der Waals surface area contributed by atoms with Crippen molar-refractivity contribution in [2.45, 2.75) is 24.3 Å². The first-order chi connectivity index (χ1) is 17.8. The van der Waals surface area contributed by atoms with Crippen molar-refractivity contribution in [3.05, 3.63) is 84.9 Å². The number of benzene rings is 4. The first kappa shape index (κ1) is 25.8. The molecule has 0 saturated heterocycles. The zero-order chi connectivity index (χ0) is 26.4. The molecule has 0 aliphatic carbocycles. The van der Waals surface area contributed by atoms with E-state index in [0.717, 1.165) is 10.8 Å². The normalized spacial score (nSPS) is 12.0. The topological polar surface area (TPSA) is 103 Å². The number of hydrogen-bond acceptors (Lipinski definition) is 6. The standard InChI is InChI=1S/C28H28N2O6S/c1-4-26(36-23-12-9-19-7-5-6-8-20(19)17-23)28(31)29-21-10-14-24(15-11-21)37(32,33)30-25-16-13-22(34-2)18-27(25)35-3/h5-18,26,30H,4H2,1-3H3,(H,29,31). The molecule has 8 nitrogen and oxygen atoms in total. The fraction of sp³-hybridized carbons (Fsp3) is 0.179. The van der Waals surface area contributed by atoms with Crippen LogP contribution in [0.3, 0.4) is 0 Å². The molecule has 0 aliphatic heterocycles. The quantitative estimate of drug-likeness (QED) is 0.288. The van der Waals surface area contributed by atoms with Gasteiger partial charge in [-0.2, -0.15) is 0 Å². The summed E-state index contributed by atoms with van der Waals surface area (Å²) in [6.45, 7) is 1.86. The maximum atomic E-state index is 12.9. The van der Waals surface area contributed by atoms with E-state index in [-0.39, 0.29) is 16.5 Å². The highest BCUT2D eigenvalue weighted by Gasteiger charge is 2.20. The molecule has 0 spiro atoms. The van der Waals surface area contributed by atoms with E-state index >= 15 is 0 Å². The summed E-state index contributed by atoms with van der Waals surface area (Å²) in [5.41, 5.74) is 0.726. The lowest BCUT2D eigenvalue weighted by Crippen LogP contribution is -2.32. The lowest BCUT2D eigenvalue weighted by molar-refractivity contribution is -0.122. The molecule has 4 aromatic carbocycles. The largest absolute Gasteiger partial charge is 0.497 e. The Morgan fingerprint density at radius 1 is 0.838 bits per heavy atom. The number of rotatable bonds is 10. The van der Waals surface area contributed by atoms with Gasteiger partial charge in [0, 0.05) is 11.8 Å². The Kier molecular flexibility index (Phi) is 7.83. The van der Waals surface area contributed by atoms with Crippen LogP contribution in [0.1, 0.15) is 13.3 Å². The Bertz CT molecular complexity index is 1500. The van der Waals surface area contributed by atoms with Gasteiger partial charge in [-0.15, -0.1) is 0 Å². The van der Waals surface area contributed by atoms with Crippen molar-refractivity contribution in [2.75, 3.05) is 24.3 Å². The van der Waals surface area contributed by atoms with Crippen LogP contribution in [-0.2, 0) is 14.8 Å². The second-order valence-corrected chi connectivity index (χ2v) is 9.89. The molecule has 1 amide bonds. The predicted octanol–water partition coefficient (Wildman–Crippen LogP) is 5.45. The Labute approximate surface area is 216 Å². The van der Waals surface area contributed by atoms with Crippen molar-refractivity contribution in [1.29, 1.82) is 0 Å². The van der Waals surface area contributed by atoms with Crippen LogP contribution in [0.15, 0.2) is 89.8 Å². The summed E-state index contributed by atoms with van der Waals surface area (Å²) in [6, 6.07) is 24.3. The number of anilines is 2. The summed E-state index contributed by atoms with van der Waals surface area (Å²) in [6.07, 6.45) is -0.257. The van der Waals surface area contributed by atoms with E-state index in [4.69, 9.17) is 14.2 Å². The second-order valence-electron chi connectivity index (χ2n) is 8.21. The lowest BCUT2D eigenvalue weighted by Gasteiger charge is -2.18. The van der Waals surface area contributed by atoms with Gasteiger partial charge < -0.3 is 19.5 Å². The van der Waals surface area contributed by atoms with Gasteiger partial charge in [0.25, 0.3) is 15.9 Å². The van der Waals surface area contributed by atoms with E-state index in [9.17, 15) is 13.2 Å². The number of nitrogens with one attached hydrogen (secondary N) is 2. The van der Waals surface area contributed by atoms with Crippen LogP contribution >= 0.6 is 0 Å². The summed E-state index contributed by atoms with van der Waals surface area (Å²) in [7, 11) is -0.946. The summed E-state index contributed by atoms with van der Waals surface area (Å²) < 4.78 is 44.7. The van der Waals surface area contributed by atoms with Crippen LogP contribution in [0.2, 0.25) is 0 Å². The monoisotopic (exact) mass is 520 g/mol. The molecule has 192 valence electrons. The van der Waals surface area contributed by atoms with Gasteiger partial charge in [0.15, 0.2) is 6.10 Å². The minimum Gasteiger partial charge on any atom is -0.497 e. The molecular formula is C28H28N2O6S. The SMILES string of the molecule is CCC(Oc1ccc2ccccc2c1)C(=O)Nc1ccc(S(=O)(=O)Nc2ccc(OC)cc2OC)cc1. The van der Waals surface area contributed by atoms with Gasteiger partial charge in [0.2, 0.25) is 0 Å². The van der Waals surface area contributed by atoms with Gasteiger partial charge >= 0.3 is 0 Å². The Morgan fingerprint density at radius 3 is 2.22 bits per heavy atom. The summed E-state index contributed by atoms with van der Waals surface area (Å²) >= 11 is 0. The van der Waals surface area contributed by atoms with Gasteiger partial charge in [0.05, 0.1) is 24.8 Å². The number of carbonyl (C=O) groups excluding carboxylic acids is 1. The molecule has 0 heterocycles. The van der Waals surface area contributed by atoms with Gasteiger partial charge in [0.1, 0.15) is 17.2 Å². The van der Waals surface area contributed by atoms with E-state index in [2.05, 4.69) is 10.0 Å². The van der Waals surface area contributed by atoms with Crippen molar-refractivity contribution in [1.82, 2.24) is 0 Å². The van der Waals surface area contributed by atoms with E-state index < -0.39 is 16.1 Å². The predicted molar refractivity (Wildman–Crippen MR) is 144 cm³/mol. The minimum absolute atomic E-state index is 0.0304. The molecule has 1 unspecified atom stereocenters. The fourth-order valence-electron chi connectivity index (χ4n) is 3.75. The fourth-order valence-corrected chi connectivity index (χ4v) is 4.82. The van der Waals surface area contributed by atoms with Crippen LogP contribution < -0.4 is 24.2 Å². The number of methoxy groups -OCH3 is 2. The molecule has 9 heteroatoms. The average Bonchev–Trinajstić information content (AvgIpc) is 2.91. The molecule has 4 aromatic rings. The number of hydrogen-bond donors (Lipinski definition) is 2. The van der Waals surface area contributed by atoms with Crippen LogP contribution in [0.5, 0.6) is 17.2 Å². The van der Waals surface area contributed by atoms with Crippen LogP contribution in [0.4, 0.5) is 11.4 Å². The second kappa shape index (κ2) is 11.2. The van der Waals surface area contributed by atoms with E-state index in [0.29, 0.717) is 29.4 Å². The van der Waals surface area contributed by atoms with Gasteiger partial charge in [-0.05, 0) is 65.7 Å². The number of ether oxygens (including phenoxy) is 3. The summed E-state index contributed by atoms with van der Waals surface area (Å²) in [5.74, 6) is 1.13. The maximum absolute atomic E-state index is 12.9. The molecular weight excluding hydrogens is 492 g/mol. The molecule has 0 aliphatic rings. The molecule has 37 heavy (non-hydrogen) atoms. The Hall–Kier alpha value is -4.24. The molecule has 1 atom stereocenters. The smallest absolute Gasteiger partial charge is 0.265 e. The van der Waals surface area contributed by atoms with Crippen molar-refractivity contribution in [3.63, 3.8) is 0 Å². The molecule has 2 N–H and O–H groups in total. The number of carbonyl (C=O) groups is 1. The van der Waals surface area contributed by atoms with Gasteiger partial charge in [-0.1, -0.05) is 37.3 Å². The van der Waals surface area contributed by atoms with Crippen molar-refractivity contribution >= 4 is 38.1 Å². The van der Waals surface area contributed by atoms with Gasteiger partial charge in [-0.25, -0.2) is 8.42 Å². The molecule has 0 saturated carbocycles. The number of sulfonamides is 1. The molecule has 0 aromatic heterocycles. The lowest BCUT2D eigenvalue weighted by atomic mass is 10.1. The Balaban J connectivity index is 1.43. The van der Waals surface area contributed by atoms with E-state index in [1.165, 1.54) is 38.5 Å².